The van der Waals surface area contributed by atoms with E-state index in [0.29, 0.717) is 29.4 Å². The molecule has 0 bridgehead atoms. The van der Waals surface area contributed by atoms with Crippen LogP contribution in [0.2, 0.25) is 5.02 Å². The Balaban J connectivity index is 1.56. The van der Waals surface area contributed by atoms with E-state index in [-0.39, 0.29) is 21.9 Å². The molecule has 0 radical (unpaired) electrons. The van der Waals surface area contributed by atoms with Gasteiger partial charge >= 0.3 is 0 Å². The van der Waals surface area contributed by atoms with Crippen LogP contribution >= 0.6 is 11.6 Å². The number of halogens is 1. The summed E-state index contributed by atoms with van der Waals surface area (Å²) < 4.78 is 16.6. The lowest BCUT2D eigenvalue weighted by atomic mass is 9.95. The number of aliphatic hydroxyl groups excluding tert-OH is 1. The fourth-order valence-corrected chi connectivity index (χ4v) is 4.83. The smallest absolute Gasteiger partial charge is 0.300 e. The lowest BCUT2D eigenvalue weighted by molar-refractivity contribution is -0.132. The zero-order valence-corrected chi connectivity index (χ0v) is 22.5. The van der Waals surface area contributed by atoms with Gasteiger partial charge in [-0.15, -0.1) is 0 Å². The molecule has 1 atom stereocenters. The molecule has 1 aliphatic heterocycles. The van der Waals surface area contributed by atoms with E-state index in [9.17, 15) is 14.7 Å². The highest BCUT2D eigenvalue weighted by Gasteiger charge is 2.47. The van der Waals surface area contributed by atoms with Crippen molar-refractivity contribution >= 4 is 34.7 Å². The number of ketones is 1. The molecule has 202 valence electrons. The van der Waals surface area contributed by atoms with E-state index >= 15 is 0 Å². The van der Waals surface area contributed by atoms with Crippen molar-refractivity contribution in [2.75, 3.05) is 19.1 Å². The molecule has 1 aliphatic rings. The standard InChI is InChI=1S/C31H25ClN2O6/c1-38-25-16-26(39-2)24(32)15-23(25)29(35)27-28(20-9-6-14-33-17-20)34(31(37)30(27)36)21-10-12-22(13-11-21)40-18-19-7-4-3-5-8-19/h3-17,28,35H,18H2,1-2H3/b29-27+. The molecule has 8 nitrogen and oxygen atoms in total. The average molecular weight is 557 g/mol. The van der Waals surface area contributed by atoms with E-state index in [1.807, 2.05) is 30.3 Å². The average Bonchev–Trinajstić information content (AvgIpc) is 3.26. The minimum absolute atomic E-state index is 0.123. The van der Waals surface area contributed by atoms with Gasteiger partial charge in [0, 0.05) is 24.1 Å². The van der Waals surface area contributed by atoms with E-state index in [2.05, 4.69) is 4.98 Å². The van der Waals surface area contributed by atoms with Crippen LogP contribution in [0.5, 0.6) is 17.2 Å². The molecule has 1 unspecified atom stereocenters. The van der Waals surface area contributed by atoms with Crippen LogP contribution < -0.4 is 19.1 Å². The molecule has 40 heavy (non-hydrogen) atoms. The summed E-state index contributed by atoms with van der Waals surface area (Å²) in [6, 6.07) is 22.0. The summed E-state index contributed by atoms with van der Waals surface area (Å²) in [4.78, 5) is 32.4. The van der Waals surface area contributed by atoms with Crippen LogP contribution in [-0.2, 0) is 16.2 Å². The number of benzene rings is 3. The molecule has 0 saturated carbocycles. The highest BCUT2D eigenvalue weighted by Crippen LogP contribution is 2.44. The van der Waals surface area contributed by atoms with Crippen molar-refractivity contribution in [1.82, 2.24) is 4.98 Å². The second-order valence-corrected chi connectivity index (χ2v) is 9.32. The molecule has 3 aromatic carbocycles. The van der Waals surface area contributed by atoms with Gasteiger partial charge < -0.3 is 19.3 Å². The van der Waals surface area contributed by atoms with Crippen molar-refractivity contribution < 1.29 is 28.9 Å². The zero-order valence-electron chi connectivity index (χ0n) is 21.7. The largest absolute Gasteiger partial charge is 0.507 e. The van der Waals surface area contributed by atoms with Gasteiger partial charge in [-0.1, -0.05) is 48.0 Å². The molecule has 0 spiro atoms. The predicted molar refractivity (Wildman–Crippen MR) is 151 cm³/mol. The monoisotopic (exact) mass is 556 g/mol. The Morgan fingerprint density at radius 1 is 0.950 bits per heavy atom. The fraction of sp³-hybridized carbons (Fsp3) is 0.129. The quantitative estimate of drug-likeness (QED) is 0.162. The van der Waals surface area contributed by atoms with Crippen LogP contribution in [0, 0.1) is 0 Å². The van der Waals surface area contributed by atoms with E-state index in [0.717, 1.165) is 5.56 Å². The third-order valence-corrected chi connectivity index (χ3v) is 6.83. The molecular formula is C31H25ClN2O6. The molecule has 1 amide bonds. The van der Waals surface area contributed by atoms with Crippen LogP contribution in [-0.4, -0.2) is 36.0 Å². The Bertz CT molecular complexity index is 1570. The van der Waals surface area contributed by atoms with E-state index in [4.69, 9.17) is 25.8 Å². The molecular weight excluding hydrogens is 532 g/mol. The highest BCUT2D eigenvalue weighted by atomic mass is 35.5. The molecule has 9 heteroatoms. The van der Waals surface area contributed by atoms with Gasteiger partial charge in [0.05, 0.1) is 36.4 Å². The number of aliphatic hydroxyl groups is 1. The van der Waals surface area contributed by atoms with E-state index in [1.165, 1.54) is 31.3 Å². The SMILES string of the molecule is COc1cc(OC)c(/C(O)=C2\C(=O)C(=O)N(c3ccc(OCc4ccccc4)cc3)C2c2cccnc2)cc1Cl. The Morgan fingerprint density at radius 3 is 2.33 bits per heavy atom. The van der Waals surface area contributed by atoms with Gasteiger partial charge in [0.15, 0.2) is 0 Å². The third-order valence-electron chi connectivity index (χ3n) is 6.54. The molecule has 4 aromatic rings. The maximum Gasteiger partial charge on any atom is 0.300 e. The first-order valence-electron chi connectivity index (χ1n) is 12.3. The minimum Gasteiger partial charge on any atom is -0.507 e. The van der Waals surface area contributed by atoms with Gasteiger partial charge in [-0.3, -0.25) is 19.5 Å². The molecule has 0 aliphatic carbocycles. The number of anilines is 1. The molecule has 1 N–H and O–H groups in total. The summed E-state index contributed by atoms with van der Waals surface area (Å²) in [5.41, 5.74) is 2.02. The third kappa shape index (κ3) is 5.09. The van der Waals surface area contributed by atoms with Crippen LogP contribution in [0.25, 0.3) is 5.76 Å². The number of pyridine rings is 1. The van der Waals surface area contributed by atoms with Crippen molar-refractivity contribution in [3.63, 3.8) is 0 Å². The molecule has 1 fully saturated rings. The molecule has 2 heterocycles. The first kappa shape index (κ1) is 26.8. The Hall–Kier alpha value is -4.82. The number of hydrogen-bond donors (Lipinski definition) is 1. The summed E-state index contributed by atoms with van der Waals surface area (Å²) in [6.07, 6.45) is 3.13. The molecule has 1 saturated heterocycles. The summed E-state index contributed by atoms with van der Waals surface area (Å²) in [5.74, 6) is -0.945. The number of hydrogen-bond acceptors (Lipinski definition) is 7. The lowest BCUT2D eigenvalue weighted by Crippen LogP contribution is -2.29. The van der Waals surface area contributed by atoms with Crippen molar-refractivity contribution in [1.29, 1.82) is 0 Å². The summed E-state index contributed by atoms with van der Waals surface area (Å²) >= 11 is 6.33. The van der Waals surface area contributed by atoms with Crippen LogP contribution in [0.3, 0.4) is 0 Å². The van der Waals surface area contributed by atoms with Gasteiger partial charge in [0.2, 0.25) is 0 Å². The normalized spacial score (nSPS) is 16.2. The van der Waals surface area contributed by atoms with Gasteiger partial charge in [-0.25, -0.2) is 0 Å². The number of aromatic nitrogens is 1. The maximum absolute atomic E-state index is 13.5. The summed E-state index contributed by atoms with van der Waals surface area (Å²) in [7, 11) is 2.87. The highest BCUT2D eigenvalue weighted by molar-refractivity contribution is 6.51. The summed E-state index contributed by atoms with van der Waals surface area (Å²) in [6.45, 7) is 0.382. The minimum atomic E-state index is -0.963. The van der Waals surface area contributed by atoms with Gasteiger partial charge in [0.1, 0.15) is 29.6 Å². The first-order valence-corrected chi connectivity index (χ1v) is 12.7. The number of rotatable bonds is 8. The zero-order chi connectivity index (χ0) is 28.2. The lowest BCUT2D eigenvalue weighted by Gasteiger charge is -2.25. The predicted octanol–water partition coefficient (Wildman–Crippen LogP) is 5.96. The maximum atomic E-state index is 13.5. The Labute approximate surface area is 236 Å². The number of carbonyl (C=O) groups excluding carboxylic acids is 2. The first-order chi connectivity index (χ1) is 19.4. The number of carbonyl (C=O) groups is 2. The fourth-order valence-electron chi connectivity index (χ4n) is 4.59. The van der Waals surface area contributed by atoms with Gasteiger partial charge in [0.25, 0.3) is 11.7 Å². The number of nitrogens with zero attached hydrogens (tertiary/aromatic N) is 2. The Kier molecular flexibility index (Phi) is 7.70. The Morgan fingerprint density at radius 2 is 1.68 bits per heavy atom. The van der Waals surface area contributed by atoms with Crippen molar-refractivity contribution in [3.8, 4) is 17.2 Å². The van der Waals surface area contributed by atoms with Crippen LogP contribution in [0.15, 0.2) is 96.8 Å². The van der Waals surface area contributed by atoms with E-state index < -0.39 is 23.5 Å². The van der Waals surface area contributed by atoms with Crippen molar-refractivity contribution in [2.24, 2.45) is 0 Å². The number of ether oxygens (including phenoxy) is 3. The van der Waals surface area contributed by atoms with Gasteiger partial charge in [-0.05, 0) is 47.5 Å². The summed E-state index contributed by atoms with van der Waals surface area (Å²) in [5, 5.41) is 11.7. The van der Waals surface area contributed by atoms with Crippen LogP contribution in [0.1, 0.15) is 22.7 Å². The van der Waals surface area contributed by atoms with E-state index in [1.54, 1.807) is 48.8 Å². The number of Topliss-reactive ketones (excluding diaryl/α,β-unsaturated/α-hetero) is 1. The topological polar surface area (TPSA) is 98.2 Å². The van der Waals surface area contributed by atoms with Crippen LogP contribution in [0.4, 0.5) is 5.69 Å². The second-order valence-electron chi connectivity index (χ2n) is 8.91. The number of methoxy groups -OCH3 is 2. The second kappa shape index (κ2) is 11.5. The molecule has 1 aromatic heterocycles. The van der Waals surface area contributed by atoms with Crippen molar-refractivity contribution in [2.45, 2.75) is 12.6 Å². The van der Waals surface area contributed by atoms with Gasteiger partial charge in [-0.2, -0.15) is 0 Å². The molecule has 5 rings (SSSR count). The number of amides is 1. The van der Waals surface area contributed by atoms with Crippen molar-refractivity contribution in [3.05, 3.63) is 119 Å².